The van der Waals surface area contributed by atoms with Crippen LogP contribution >= 0.6 is 15.9 Å². The van der Waals surface area contributed by atoms with E-state index in [1.165, 1.54) is 89.9 Å². The molecule has 174 valence electrons. The number of hydrogen-bond donors (Lipinski definition) is 0. The van der Waals surface area contributed by atoms with E-state index in [1.807, 2.05) is 0 Å². The largest absolute Gasteiger partial charge is 0.466 e. The predicted octanol–water partition coefficient (Wildman–Crippen LogP) is 7.90. The number of alkyl halides is 1. The van der Waals surface area contributed by atoms with Crippen LogP contribution in [0.5, 0.6) is 0 Å². The summed E-state index contributed by atoms with van der Waals surface area (Å²) in [5, 5.41) is 1.07. The van der Waals surface area contributed by atoms with Gasteiger partial charge in [-0.1, -0.05) is 107 Å². The van der Waals surface area contributed by atoms with Gasteiger partial charge in [-0.25, -0.2) is 0 Å². The Hall–Kier alpha value is -0.0900. The van der Waals surface area contributed by atoms with Crippen LogP contribution in [-0.4, -0.2) is 42.4 Å². The smallest absolute Gasteiger partial charge is 0.307 e. The molecule has 3 nitrogen and oxygen atoms in total. The van der Waals surface area contributed by atoms with Gasteiger partial charge in [-0.15, -0.1) is 0 Å². The summed E-state index contributed by atoms with van der Waals surface area (Å²) in [4.78, 5) is 14.6. The zero-order valence-corrected chi connectivity index (χ0v) is 21.3. The molecule has 0 aliphatic rings. The zero-order chi connectivity index (χ0) is 21.4. The fourth-order valence-electron chi connectivity index (χ4n) is 3.62. The minimum atomic E-state index is -0.0126. The quantitative estimate of drug-likeness (QED) is 0.0853. The van der Waals surface area contributed by atoms with Gasteiger partial charge in [0, 0.05) is 11.9 Å². The van der Waals surface area contributed by atoms with Crippen LogP contribution in [0, 0.1) is 0 Å². The molecule has 0 atom stereocenters. The first-order valence-corrected chi connectivity index (χ1v) is 13.8. The van der Waals surface area contributed by atoms with Gasteiger partial charge in [-0.2, -0.15) is 0 Å². The molecule has 0 unspecified atom stereocenters. The Morgan fingerprint density at radius 1 is 0.655 bits per heavy atom. The van der Waals surface area contributed by atoms with Gasteiger partial charge in [-0.3, -0.25) is 4.79 Å². The summed E-state index contributed by atoms with van der Waals surface area (Å²) in [5.41, 5.74) is 0. The third-order valence-corrected chi connectivity index (χ3v) is 6.14. The molecule has 0 radical (unpaired) electrons. The van der Waals surface area contributed by atoms with Gasteiger partial charge in [0.1, 0.15) is 0 Å². The van der Waals surface area contributed by atoms with Crippen LogP contribution in [0.3, 0.4) is 0 Å². The summed E-state index contributed by atoms with van der Waals surface area (Å²) in [6, 6.07) is 0. The van der Waals surface area contributed by atoms with Gasteiger partial charge in [0.15, 0.2) is 0 Å². The first-order valence-electron chi connectivity index (χ1n) is 12.7. The molecule has 0 aliphatic heterocycles. The fraction of sp³-hybridized carbons (Fsp3) is 0.960. The second-order valence-corrected chi connectivity index (χ2v) is 9.24. The van der Waals surface area contributed by atoms with Crippen LogP contribution in [0.15, 0.2) is 0 Å². The molecule has 0 spiro atoms. The van der Waals surface area contributed by atoms with E-state index in [1.54, 1.807) is 0 Å². The fourth-order valence-corrected chi connectivity index (χ4v) is 4.02. The number of unbranched alkanes of at least 4 members (excludes halogenated alkanes) is 13. The van der Waals surface area contributed by atoms with Crippen molar-refractivity contribution in [1.82, 2.24) is 4.90 Å². The summed E-state index contributed by atoms with van der Waals surface area (Å²) in [6.07, 6.45) is 21.1. The molecule has 0 fully saturated rings. The average Bonchev–Trinajstić information content (AvgIpc) is 2.73. The molecule has 0 amide bonds. The lowest BCUT2D eigenvalue weighted by Gasteiger charge is -2.22. The number of halogens is 1. The Bertz CT molecular complexity index is 323. The minimum Gasteiger partial charge on any atom is -0.466 e. The van der Waals surface area contributed by atoms with Crippen molar-refractivity contribution in [3.63, 3.8) is 0 Å². The monoisotopic (exact) mass is 475 g/mol. The van der Waals surface area contributed by atoms with E-state index >= 15 is 0 Å². The lowest BCUT2D eigenvalue weighted by atomic mass is 10.1. The van der Waals surface area contributed by atoms with Crippen molar-refractivity contribution in [2.75, 3.05) is 31.6 Å². The Morgan fingerprint density at radius 2 is 1.14 bits per heavy atom. The molecule has 0 N–H and O–H groups in total. The highest BCUT2D eigenvalue weighted by atomic mass is 79.9. The standard InChI is InChI=1S/C25H50BrNO2/c1-3-5-7-9-12-16-21-27(22-17-13-10-8-6-4-2)23-19-25(28)29-24-18-14-11-15-20-26/h3-24H2,1-2H3. The molecular weight excluding hydrogens is 426 g/mol. The summed E-state index contributed by atoms with van der Waals surface area (Å²) in [5.74, 6) is -0.0126. The minimum absolute atomic E-state index is 0.0126. The van der Waals surface area contributed by atoms with Crippen molar-refractivity contribution in [3.8, 4) is 0 Å². The number of ether oxygens (including phenoxy) is 1. The van der Waals surface area contributed by atoms with Crippen LogP contribution in [-0.2, 0) is 9.53 Å². The molecule has 29 heavy (non-hydrogen) atoms. The van der Waals surface area contributed by atoms with Gasteiger partial charge in [0.2, 0.25) is 0 Å². The van der Waals surface area contributed by atoms with Crippen LogP contribution < -0.4 is 0 Å². The molecular formula is C25H50BrNO2. The van der Waals surface area contributed by atoms with Crippen molar-refractivity contribution >= 4 is 21.9 Å². The van der Waals surface area contributed by atoms with E-state index in [0.717, 1.165) is 37.8 Å². The van der Waals surface area contributed by atoms with Crippen molar-refractivity contribution in [1.29, 1.82) is 0 Å². The van der Waals surface area contributed by atoms with Crippen molar-refractivity contribution in [2.24, 2.45) is 0 Å². The lowest BCUT2D eigenvalue weighted by Crippen LogP contribution is -2.29. The number of rotatable bonds is 23. The maximum absolute atomic E-state index is 12.1. The second-order valence-electron chi connectivity index (χ2n) is 8.45. The SMILES string of the molecule is CCCCCCCCN(CCCCCCCC)CCC(=O)OCCCCCCBr. The Labute approximate surface area is 190 Å². The molecule has 0 heterocycles. The predicted molar refractivity (Wildman–Crippen MR) is 131 cm³/mol. The summed E-state index contributed by atoms with van der Waals surface area (Å²) < 4.78 is 5.44. The molecule has 0 bridgehead atoms. The first kappa shape index (κ1) is 28.9. The van der Waals surface area contributed by atoms with Gasteiger partial charge >= 0.3 is 5.97 Å². The Morgan fingerprint density at radius 3 is 1.69 bits per heavy atom. The highest BCUT2D eigenvalue weighted by Gasteiger charge is 2.09. The average molecular weight is 477 g/mol. The van der Waals surface area contributed by atoms with Gasteiger partial charge in [-0.05, 0) is 38.8 Å². The number of esters is 1. The van der Waals surface area contributed by atoms with E-state index in [-0.39, 0.29) is 5.97 Å². The van der Waals surface area contributed by atoms with Gasteiger partial charge in [0.25, 0.3) is 0 Å². The normalized spacial score (nSPS) is 11.3. The topological polar surface area (TPSA) is 29.5 Å². The molecule has 0 saturated carbocycles. The summed E-state index contributed by atoms with van der Waals surface area (Å²) in [7, 11) is 0. The third-order valence-electron chi connectivity index (χ3n) is 5.58. The van der Waals surface area contributed by atoms with Crippen LogP contribution in [0.25, 0.3) is 0 Å². The van der Waals surface area contributed by atoms with E-state index in [9.17, 15) is 4.79 Å². The molecule has 0 aromatic rings. The van der Waals surface area contributed by atoms with Gasteiger partial charge in [0.05, 0.1) is 13.0 Å². The molecule has 0 aromatic carbocycles. The maximum atomic E-state index is 12.1. The lowest BCUT2D eigenvalue weighted by molar-refractivity contribution is -0.144. The van der Waals surface area contributed by atoms with E-state index in [0.29, 0.717) is 13.0 Å². The van der Waals surface area contributed by atoms with E-state index in [2.05, 4.69) is 34.7 Å². The molecule has 0 aromatic heterocycles. The van der Waals surface area contributed by atoms with Gasteiger partial charge < -0.3 is 9.64 Å². The first-order chi connectivity index (χ1) is 14.2. The van der Waals surface area contributed by atoms with Crippen LogP contribution in [0.2, 0.25) is 0 Å². The highest BCUT2D eigenvalue weighted by molar-refractivity contribution is 9.09. The Kier molecular flexibility index (Phi) is 24.1. The number of hydrogen-bond acceptors (Lipinski definition) is 3. The highest BCUT2D eigenvalue weighted by Crippen LogP contribution is 2.10. The summed E-state index contributed by atoms with van der Waals surface area (Å²) in [6.45, 7) is 8.28. The zero-order valence-electron chi connectivity index (χ0n) is 19.7. The van der Waals surface area contributed by atoms with E-state index in [4.69, 9.17) is 4.74 Å². The van der Waals surface area contributed by atoms with Crippen molar-refractivity contribution < 1.29 is 9.53 Å². The van der Waals surface area contributed by atoms with Crippen LogP contribution in [0.1, 0.15) is 123 Å². The number of nitrogens with zero attached hydrogens (tertiary/aromatic N) is 1. The molecule has 0 aliphatic carbocycles. The summed E-state index contributed by atoms with van der Waals surface area (Å²) >= 11 is 3.45. The molecule has 0 rings (SSSR count). The van der Waals surface area contributed by atoms with Crippen LogP contribution in [0.4, 0.5) is 0 Å². The van der Waals surface area contributed by atoms with Crippen molar-refractivity contribution in [3.05, 3.63) is 0 Å². The number of carbonyl (C=O) groups excluding carboxylic acids is 1. The molecule has 4 heteroatoms. The third kappa shape index (κ3) is 22.4. The Balaban J connectivity index is 3.96. The maximum Gasteiger partial charge on any atom is 0.307 e. The molecule has 0 saturated heterocycles. The van der Waals surface area contributed by atoms with Crippen molar-refractivity contribution in [2.45, 2.75) is 123 Å². The number of carbonyl (C=O) groups is 1. The van der Waals surface area contributed by atoms with E-state index < -0.39 is 0 Å². The second kappa shape index (κ2) is 24.2.